The Labute approximate surface area is 134 Å². The molecule has 1 aromatic rings. The van der Waals surface area contributed by atoms with Crippen LogP contribution in [0.15, 0.2) is 17.1 Å². The van der Waals surface area contributed by atoms with E-state index in [1.165, 1.54) is 6.20 Å². The van der Waals surface area contributed by atoms with Gasteiger partial charge in [0.1, 0.15) is 24.4 Å². The van der Waals surface area contributed by atoms with Gasteiger partial charge in [0.05, 0.1) is 12.2 Å². The summed E-state index contributed by atoms with van der Waals surface area (Å²) < 4.78 is 6.36. The molecule has 1 aliphatic rings. The van der Waals surface area contributed by atoms with Crippen LogP contribution in [-0.2, 0) is 9.53 Å². The summed E-state index contributed by atoms with van der Waals surface area (Å²) in [5, 5.41) is 37.4. The lowest BCUT2D eigenvalue weighted by Gasteiger charge is -2.16. The summed E-state index contributed by atoms with van der Waals surface area (Å²) in [5.74, 6) is -1.39. The molecule has 2 heterocycles. The lowest BCUT2D eigenvalue weighted by atomic mass is 10.0. The molecular formula is C12H14ClN3O7. The van der Waals surface area contributed by atoms with E-state index in [2.05, 4.69) is 9.82 Å². The van der Waals surface area contributed by atoms with Crippen LogP contribution >= 0.6 is 11.8 Å². The zero-order valence-corrected chi connectivity index (χ0v) is 12.3. The number of nitrogens with zero attached hydrogens (tertiary/aromatic N) is 2. The van der Waals surface area contributed by atoms with Gasteiger partial charge in [-0.3, -0.25) is 14.2 Å². The lowest BCUT2D eigenvalue weighted by Crippen LogP contribution is -2.33. The lowest BCUT2D eigenvalue weighted by molar-refractivity contribution is -0.131. The van der Waals surface area contributed by atoms with Crippen molar-refractivity contribution in [3.63, 3.8) is 0 Å². The average molecular weight is 348 g/mol. The SMILES string of the molecule is O=C(O)/C=C/n1cc(C2OC(CO)C(O)C2O)c(=O)nc1NCl. The Hall–Kier alpha value is -1.98. The van der Waals surface area contributed by atoms with Crippen molar-refractivity contribution in [2.75, 3.05) is 11.4 Å². The standard InChI is InChI=1S/C12H14ClN3O7/c13-15-12-14-11(22)5(3-16(12)2-1-7(18)19)10-9(21)8(20)6(4-17)23-10/h1-3,6,8-10,17,20-21H,4H2,(H,18,19)(H,14,15,22)/b2-1+. The summed E-state index contributed by atoms with van der Waals surface area (Å²) in [4.78, 5) is 28.3. The summed E-state index contributed by atoms with van der Waals surface area (Å²) in [5.41, 5.74) is -0.916. The highest BCUT2D eigenvalue weighted by atomic mass is 35.5. The van der Waals surface area contributed by atoms with Gasteiger partial charge in [-0.15, -0.1) is 0 Å². The summed E-state index contributed by atoms with van der Waals surface area (Å²) >= 11 is 5.42. The van der Waals surface area contributed by atoms with Crippen molar-refractivity contribution in [2.24, 2.45) is 0 Å². The second-order valence-corrected chi connectivity index (χ2v) is 4.93. The van der Waals surface area contributed by atoms with E-state index in [0.29, 0.717) is 0 Å². The van der Waals surface area contributed by atoms with Gasteiger partial charge in [0, 0.05) is 30.2 Å². The Morgan fingerprint density at radius 2 is 2.17 bits per heavy atom. The number of carbonyl (C=O) groups is 1. The highest BCUT2D eigenvalue weighted by Crippen LogP contribution is 2.32. The first-order valence-corrected chi connectivity index (χ1v) is 6.80. The van der Waals surface area contributed by atoms with Crippen molar-refractivity contribution < 1.29 is 30.0 Å². The normalized spacial score (nSPS) is 27.5. The Bertz CT molecular complexity index is 677. The number of hydrogen-bond acceptors (Lipinski definition) is 8. The minimum absolute atomic E-state index is 0.127. The van der Waals surface area contributed by atoms with Crippen molar-refractivity contribution in [1.82, 2.24) is 9.55 Å². The quantitative estimate of drug-likeness (QED) is 0.317. The molecule has 10 nitrogen and oxygen atoms in total. The van der Waals surface area contributed by atoms with Gasteiger partial charge in [-0.25, -0.2) is 4.79 Å². The Morgan fingerprint density at radius 3 is 2.70 bits per heavy atom. The van der Waals surface area contributed by atoms with Gasteiger partial charge in [-0.1, -0.05) is 0 Å². The van der Waals surface area contributed by atoms with Crippen LogP contribution in [-0.4, -0.2) is 60.9 Å². The summed E-state index contributed by atoms with van der Waals surface area (Å²) in [6, 6.07) is 0. The van der Waals surface area contributed by atoms with Crippen LogP contribution in [0.1, 0.15) is 11.7 Å². The molecule has 2 rings (SSSR count). The van der Waals surface area contributed by atoms with Gasteiger partial charge < -0.3 is 25.2 Å². The largest absolute Gasteiger partial charge is 0.478 e. The van der Waals surface area contributed by atoms with Gasteiger partial charge >= 0.3 is 5.97 Å². The number of aliphatic carboxylic acids is 1. The molecule has 23 heavy (non-hydrogen) atoms. The molecule has 1 fully saturated rings. The third kappa shape index (κ3) is 3.51. The maximum absolute atomic E-state index is 12.0. The maximum Gasteiger partial charge on any atom is 0.329 e. The fraction of sp³-hybridized carbons (Fsp3) is 0.417. The smallest absolute Gasteiger partial charge is 0.329 e. The van der Waals surface area contributed by atoms with Crippen LogP contribution in [0.2, 0.25) is 0 Å². The molecule has 4 unspecified atom stereocenters. The third-order valence-electron chi connectivity index (χ3n) is 3.29. The number of anilines is 1. The number of rotatable bonds is 5. The van der Waals surface area contributed by atoms with E-state index in [1.54, 1.807) is 0 Å². The van der Waals surface area contributed by atoms with Crippen LogP contribution in [0, 0.1) is 0 Å². The number of hydrogen-bond donors (Lipinski definition) is 5. The van der Waals surface area contributed by atoms with E-state index in [9.17, 15) is 19.8 Å². The summed E-state index contributed by atoms with van der Waals surface area (Å²) in [6.07, 6.45) is -2.08. The van der Waals surface area contributed by atoms with E-state index < -0.39 is 42.6 Å². The van der Waals surface area contributed by atoms with Crippen molar-refractivity contribution in [2.45, 2.75) is 24.4 Å². The van der Waals surface area contributed by atoms with Crippen LogP contribution in [0.3, 0.4) is 0 Å². The number of aliphatic hydroxyl groups is 3. The second kappa shape index (κ2) is 7.06. The minimum atomic E-state index is -1.45. The van der Waals surface area contributed by atoms with Gasteiger partial charge in [-0.2, -0.15) is 4.98 Å². The van der Waals surface area contributed by atoms with E-state index in [-0.39, 0.29) is 11.5 Å². The number of carboxylic acids is 1. The molecule has 0 saturated carbocycles. The van der Waals surface area contributed by atoms with Crippen molar-refractivity contribution in [1.29, 1.82) is 0 Å². The number of aromatic nitrogens is 2. The Kier molecular flexibility index (Phi) is 5.34. The molecule has 0 amide bonds. The molecule has 4 atom stereocenters. The van der Waals surface area contributed by atoms with Crippen molar-refractivity contribution >= 4 is 29.9 Å². The van der Waals surface area contributed by atoms with E-state index in [1.807, 2.05) is 0 Å². The molecule has 1 saturated heterocycles. The molecule has 5 N–H and O–H groups in total. The highest BCUT2D eigenvalue weighted by molar-refractivity contribution is 6.23. The first kappa shape index (κ1) is 17.4. The summed E-state index contributed by atoms with van der Waals surface area (Å²) in [7, 11) is 0. The predicted molar refractivity (Wildman–Crippen MR) is 77.7 cm³/mol. The molecule has 0 radical (unpaired) electrons. The van der Waals surface area contributed by atoms with Crippen molar-refractivity contribution in [3.05, 3.63) is 28.2 Å². The van der Waals surface area contributed by atoms with Crippen LogP contribution < -0.4 is 10.4 Å². The molecule has 0 aromatic carbocycles. The zero-order valence-electron chi connectivity index (χ0n) is 11.5. The number of halogens is 1. The maximum atomic E-state index is 12.0. The van der Waals surface area contributed by atoms with Gasteiger partial charge in [0.2, 0.25) is 5.95 Å². The minimum Gasteiger partial charge on any atom is -0.478 e. The van der Waals surface area contributed by atoms with E-state index in [4.69, 9.17) is 26.7 Å². The number of carboxylic acid groups (broad SMARTS) is 1. The number of nitrogens with one attached hydrogen (secondary N) is 1. The molecule has 11 heteroatoms. The molecule has 0 bridgehead atoms. The predicted octanol–water partition coefficient (Wildman–Crippen LogP) is -1.48. The molecule has 0 spiro atoms. The first-order valence-electron chi connectivity index (χ1n) is 6.42. The average Bonchev–Trinajstić information content (AvgIpc) is 2.81. The van der Waals surface area contributed by atoms with E-state index in [0.717, 1.165) is 16.8 Å². The first-order chi connectivity index (χ1) is 10.9. The van der Waals surface area contributed by atoms with Gasteiger partial charge in [0.15, 0.2) is 0 Å². The fourth-order valence-corrected chi connectivity index (χ4v) is 2.30. The topological polar surface area (TPSA) is 154 Å². The third-order valence-corrected chi connectivity index (χ3v) is 3.46. The number of aliphatic hydroxyl groups excluding tert-OH is 3. The number of ether oxygens (including phenoxy) is 1. The van der Waals surface area contributed by atoms with Gasteiger partial charge in [0.25, 0.3) is 5.56 Å². The van der Waals surface area contributed by atoms with Gasteiger partial charge in [-0.05, 0) is 0 Å². The van der Waals surface area contributed by atoms with Crippen LogP contribution in [0.25, 0.3) is 6.20 Å². The Balaban J connectivity index is 2.45. The monoisotopic (exact) mass is 347 g/mol. The molecule has 0 aliphatic carbocycles. The molecule has 126 valence electrons. The van der Waals surface area contributed by atoms with Crippen molar-refractivity contribution in [3.8, 4) is 0 Å². The molecule has 1 aliphatic heterocycles. The molecule has 1 aromatic heterocycles. The van der Waals surface area contributed by atoms with E-state index >= 15 is 0 Å². The molecular weight excluding hydrogens is 334 g/mol. The zero-order chi connectivity index (χ0) is 17.1. The van der Waals surface area contributed by atoms with Crippen LogP contribution in [0.5, 0.6) is 0 Å². The fourth-order valence-electron chi connectivity index (χ4n) is 2.16. The van der Waals surface area contributed by atoms with Crippen LogP contribution in [0.4, 0.5) is 5.95 Å². The second-order valence-electron chi connectivity index (χ2n) is 4.74. The summed E-state index contributed by atoms with van der Waals surface area (Å²) in [6.45, 7) is -0.545. The Morgan fingerprint density at radius 1 is 1.48 bits per heavy atom. The highest BCUT2D eigenvalue weighted by Gasteiger charge is 2.44.